The zero-order valence-electron chi connectivity index (χ0n) is 15.8. The van der Waals surface area contributed by atoms with Crippen LogP contribution in [0.5, 0.6) is 0 Å². The van der Waals surface area contributed by atoms with E-state index >= 15 is 0 Å². The number of rotatable bonds is 3. The number of hydrogen-bond acceptors (Lipinski definition) is 3. The fourth-order valence-electron chi connectivity index (χ4n) is 3.73. The van der Waals surface area contributed by atoms with Crippen LogP contribution in [0.4, 0.5) is 4.79 Å². The van der Waals surface area contributed by atoms with E-state index in [1.54, 1.807) is 0 Å². The predicted octanol–water partition coefficient (Wildman–Crippen LogP) is 4.19. The molecular formula is C19H36N2O2. The molecule has 4 nitrogen and oxygen atoms in total. The van der Waals surface area contributed by atoms with E-state index in [-0.39, 0.29) is 6.09 Å². The molecule has 0 bridgehead atoms. The van der Waals surface area contributed by atoms with Gasteiger partial charge in [-0.3, -0.25) is 0 Å². The van der Waals surface area contributed by atoms with Crippen LogP contribution in [0.2, 0.25) is 0 Å². The number of carbonyl (C=O) groups excluding carboxylic acids is 1. The van der Waals surface area contributed by atoms with E-state index in [0.29, 0.717) is 11.5 Å². The molecule has 1 N–H and O–H groups in total. The van der Waals surface area contributed by atoms with Crippen molar-refractivity contribution in [3.05, 3.63) is 0 Å². The molecule has 23 heavy (non-hydrogen) atoms. The summed E-state index contributed by atoms with van der Waals surface area (Å²) in [4.78, 5) is 14.0. The lowest BCUT2D eigenvalue weighted by Crippen LogP contribution is -2.49. The van der Waals surface area contributed by atoms with Crippen LogP contribution >= 0.6 is 0 Å². The summed E-state index contributed by atoms with van der Waals surface area (Å²) in [5, 5.41) is 3.83. The Balaban J connectivity index is 1.77. The van der Waals surface area contributed by atoms with Gasteiger partial charge in [0.15, 0.2) is 0 Å². The van der Waals surface area contributed by atoms with Gasteiger partial charge in [0.1, 0.15) is 5.60 Å². The zero-order chi connectivity index (χ0) is 17.1. The van der Waals surface area contributed by atoms with Gasteiger partial charge in [-0.2, -0.15) is 0 Å². The normalized spacial score (nSPS) is 28.5. The van der Waals surface area contributed by atoms with Crippen LogP contribution in [0.15, 0.2) is 0 Å². The number of amides is 1. The molecule has 2 fully saturated rings. The molecular weight excluding hydrogens is 288 g/mol. The number of nitrogens with zero attached hydrogens (tertiary/aromatic N) is 1. The third-order valence-electron chi connectivity index (χ3n) is 5.52. The third kappa shape index (κ3) is 5.66. The smallest absolute Gasteiger partial charge is 0.410 e. The topological polar surface area (TPSA) is 41.6 Å². The van der Waals surface area contributed by atoms with Crippen LogP contribution in [-0.2, 0) is 4.74 Å². The number of likely N-dealkylation sites (tertiary alicyclic amines) is 1. The Morgan fingerprint density at radius 3 is 2.39 bits per heavy atom. The first-order chi connectivity index (χ1) is 10.7. The number of hydrogen-bond donors (Lipinski definition) is 1. The second kappa shape index (κ2) is 7.42. The van der Waals surface area contributed by atoms with Crippen LogP contribution in [0.3, 0.4) is 0 Å². The highest BCUT2D eigenvalue weighted by molar-refractivity contribution is 5.68. The van der Waals surface area contributed by atoms with E-state index in [4.69, 9.17) is 4.74 Å². The highest BCUT2D eigenvalue weighted by Gasteiger charge is 2.34. The molecule has 1 saturated carbocycles. The predicted molar refractivity (Wildman–Crippen MR) is 94.6 cm³/mol. The minimum absolute atomic E-state index is 0.159. The molecule has 4 heteroatoms. The maximum absolute atomic E-state index is 12.2. The lowest BCUT2D eigenvalue weighted by molar-refractivity contribution is 0.0114. The molecule has 2 atom stereocenters. The largest absolute Gasteiger partial charge is 0.444 e. The van der Waals surface area contributed by atoms with Gasteiger partial charge in [-0.15, -0.1) is 0 Å². The monoisotopic (exact) mass is 324 g/mol. The number of piperidine rings is 1. The van der Waals surface area contributed by atoms with E-state index in [2.05, 4.69) is 19.2 Å². The number of ether oxygens (including phenoxy) is 1. The summed E-state index contributed by atoms with van der Waals surface area (Å²) in [6.07, 6.45) is 7.39. The van der Waals surface area contributed by atoms with E-state index in [1.807, 2.05) is 25.7 Å². The molecule has 1 aliphatic heterocycles. The lowest BCUT2D eigenvalue weighted by atomic mass is 9.79. The summed E-state index contributed by atoms with van der Waals surface area (Å²) >= 11 is 0. The first-order valence-electron chi connectivity index (χ1n) is 9.40. The van der Waals surface area contributed by atoms with Crippen molar-refractivity contribution < 1.29 is 9.53 Å². The van der Waals surface area contributed by atoms with Crippen molar-refractivity contribution >= 4 is 6.09 Å². The summed E-state index contributed by atoms with van der Waals surface area (Å²) in [6.45, 7) is 13.2. The van der Waals surface area contributed by atoms with E-state index in [0.717, 1.165) is 38.4 Å². The fraction of sp³-hybridized carbons (Fsp3) is 0.947. The van der Waals surface area contributed by atoms with Gasteiger partial charge in [-0.05, 0) is 57.8 Å². The van der Waals surface area contributed by atoms with Gasteiger partial charge in [0, 0.05) is 25.7 Å². The highest BCUT2D eigenvalue weighted by Crippen LogP contribution is 2.32. The van der Waals surface area contributed by atoms with Crippen molar-refractivity contribution in [3.63, 3.8) is 0 Å². The maximum atomic E-state index is 12.2. The molecule has 134 valence electrons. The first kappa shape index (κ1) is 18.6. The molecule has 1 aliphatic carbocycles. The average molecular weight is 325 g/mol. The molecule has 2 aliphatic rings. The van der Waals surface area contributed by atoms with Gasteiger partial charge < -0.3 is 15.0 Å². The van der Waals surface area contributed by atoms with Crippen LogP contribution < -0.4 is 5.32 Å². The number of carbonyl (C=O) groups is 1. The van der Waals surface area contributed by atoms with Crippen LogP contribution in [-0.4, -0.2) is 42.3 Å². The van der Waals surface area contributed by atoms with Gasteiger partial charge in [-0.25, -0.2) is 4.79 Å². The molecule has 1 amide bonds. The summed E-state index contributed by atoms with van der Waals surface area (Å²) in [7, 11) is 0. The van der Waals surface area contributed by atoms with Gasteiger partial charge in [0.05, 0.1) is 0 Å². The highest BCUT2D eigenvalue weighted by atomic mass is 16.6. The maximum Gasteiger partial charge on any atom is 0.410 e. The molecule has 2 unspecified atom stereocenters. The first-order valence-corrected chi connectivity index (χ1v) is 9.40. The van der Waals surface area contributed by atoms with E-state index < -0.39 is 5.60 Å². The summed E-state index contributed by atoms with van der Waals surface area (Å²) in [5.41, 5.74) is -0.105. The van der Waals surface area contributed by atoms with Gasteiger partial charge >= 0.3 is 6.09 Å². The van der Waals surface area contributed by atoms with Gasteiger partial charge in [-0.1, -0.05) is 26.7 Å². The summed E-state index contributed by atoms with van der Waals surface area (Å²) in [5.74, 6) is 0.800. The third-order valence-corrected chi connectivity index (χ3v) is 5.52. The Kier molecular flexibility index (Phi) is 5.99. The Morgan fingerprint density at radius 2 is 1.83 bits per heavy atom. The molecule has 0 spiro atoms. The van der Waals surface area contributed by atoms with Gasteiger partial charge in [0.2, 0.25) is 0 Å². The minimum atomic E-state index is -0.406. The summed E-state index contributed by atoms with van der Waals surface area (Å²) in [6, 6.07) is 0.685. The van der Waals surface area contributed by atoms with Crippen molar-refractivity contribution in [1.29, 1.82) is 0 Å². The van der Waals surface area contributed by atoms with Crippen molar-refractivity contribution in [2.45, 2.75) is 84.8 Å². The average Bonchev–Trinajstić information content (AvgIpc) is 2.45. The van der Waals surface area contributed by atoms with Crippen molar-refractivity contribution in [2.24, 2.45) is 11.3 Å². The van der Waals surface area contributed by atoms with Gasteiger partial charge in [0.25, 0.3) is 0 Å². The van der Waals surface area contributed by atoms with Crippen LogP contribution in [0.25, 0.3) is 0 Å². The molecule has 0 aromatic carbocycles. The van der Waals surface area contributed by atoms with Crippen molar-refractivity contribution in [1.82, 2.24) is 10.2 Å². The van der Waals surface area contributed by atoms with Crippen molar-refractivity contribution in [3.8, 4) is 0 Å². The quantitative estimate of drug-likeness (QED) is 0.846. The Hall–Kier alpha value is -0.770. The lowest BCUT2D eigenvalue weighted by Gasteiger charge is -2.41. The number of nitrogens with one attached hydrogen (secondary N) is 1. The summed E-state index contributed by atoms with van der Waals surface area (Å²) < 4.78 is 5.49. The van der Waals surface area contributed by atoms with Crippen LogP contribution in [0.1, 0.15) is 73.1 Å². The molecule has 0 aromatic rings. The molecule has 1 saturated heterocycles. The second-order valence-electron chi connectivity index (χ2n) is 9.03. The molecule has 0 aromatic heterocycles. The standard InChI is InChI=1S/C19H36N2O2/c1-15-8-6-7-9-16(15)20-14-19(5)10-12-21(13-11-19)17(22)23-18(2,3)4/h15-16,20H,6-14H2,1-5H3. The van der Waals surface area contributed by atoms with E-state index in [1.165, 1.54) is 25.7 Å². The Morgan fingerprint density at radius 1 is 1.22 bits per heavy atom. The Labute approximate surface area is 142 Å². The van der Waals surface area contributed by atoms with Crippen LogP contribution in [0, 0.1) is 11.3 Å². The zero-order valence-corrected chi connectivity index (χ0v) is 15.8. The fourth-order valence-corrected chi connectivity index (χ4v) is 3.73. The SMILES string of the molecule is CC1CCCCC1NCC1(C)CCN(C(=O)OC(C)(C)C)CC1. The molecule has 1 heterocycles. The second-order valence-corrected chi connectivity index (χ2v) is 9.03. The minimum Gasteiger partial charge on any atom is -0.444 e. The van der Waals surface area contributed by atoms with E-state index in [9.17, 15) is 4.79 Å². The molecule has 2 rings (SSSR count). The Bertz CT molecular complexity index is 395. The van der Waals surface area contributed by atoms with Crippen molar-refractivity contribution in [2.75, 3.05) is 19.6 Å². The molecule has 0 radical (unpaired) electrons.